The van der Waals surface area contributed by atoms with Gasteiger partial charge in [-0.15, -0.1) is 0 Å². The van der Waals surface area contributed by atoms with Gasteiger partial charge in [-0.2, -0.15) is 0 Å². The monoisotopic (exact) mass is 473 g/mol. The third-order valence-electron chi connectivity index (χ3n) is 6.07. The van der Waals surface area contributed by atoms with Gasteiger partial charge in [0.1, 0.15) is 15.9 Å². The van der Waals surface area contributed by atoms with Crippen molar-refractivity contribution >= 4 is 29.1 Å². The van der Waals surface area contributed by atoms with Crippen LogP contribution >= 0.6 is 7.26 Å². The molecule has 0 aromatic heterocycles. The number of hydrogen-bond acceptors (Lipinski definition) is 3. The van der Waals surface area contributed by atoms with E-state index in [-0.39, 0.29) is 5.91 Å². The second-order valence-corrected chi connectivity index (χ2v) is 12.9. The Morgan fingerprint density at radius 2 is 1.21 bits per heavy atom. The molecule has 0 unspecified atom stereocenters. The van der Waals surface area contributed by atoms with Crippen LogP contribution in [0.5, 0.6) is 0 Å². The number of carbonyl (C=O) groups excluding carboxylic acids is 1. The third kappa shape index (κ3) is 5.09. The topological polar surface area (TPSA) is 41.6 Å². The van der Waals surface area contributed by atoms with Crippen LogP contribution in [0.4, 0.5) is 0 Å². The second-order valence-electron chi connectivity index (χ2n) is 9.54. The fourth-order valence-corrected chi connectivity index (χ4v) is 8.40. The third-order valence-corrected chi connectivity index (χ3v) is 10.2. The summed E-state index contributed by atoms with van der Waals surface area (Å²) in [6, 6.07) is 31.9. The standard InChI is InChI=1S/C29H33N2O2P/c1-29(2,3)28(32)30-27(23-31-19-21-33-22-20-31)34(24-13-7-4-8-14-24,25-15-9-5-10-16-25)26-17-11-6-12-18-26/h4-18,23H,19-22H2,1-3H3/p+1/b27-23-. The highest BCUT2D eigenvalue weighted by Gasteiger charge is 2.51. The minimum atomic E-state index is -2.41. The van der Waals surface area contributed by atoms with Crippen LogP contribution in [0.1, 0.15) is 20.8 Å². The van der Waals surface area contributed by atoms with Gasteiger partial charge in [0.25, 0.3) is 0 Å². The van der Waals surface area contributed by atoms with E-state index in [4.69, 9.17) is 4.74 Å². The van der Waals surface area contributed by atoms with Gasteiger partial charge in [-0.1, -0.05) is 75.4 Å². The molecule has 0 aliphatic carbocycles. The van der Waals surface area contributed by atoms with E-state index in [1.165, 1.54) is 15.9 Å². The van der Waals surface area contributed by atoms with Gasteiger partial charge >= 0.3 is 0 Å². The fourth-order valence-electron chi connectivity index (χ4n) is 4.21. The van der Waals surface area contributed by atoms with E-state index in [9.17, 15) is 4.79 Å². The highest BCUT2D eigenvalue weighted by Crippen LogP contribution is 2.61. The largest absolute Gasteiger partial charge is 0.378 e. The Bertz CT molecular complexity index is 1010. The zero-order chi connectivity index (χ0) is 24.0. The van der Waals surface area contributed by atoms with Crippen LogP contribution < -0.4 is 21.2 Å². The molecule has 1 fully saturated rings. The Labute approximate surface area is 204 Å². The predicted molar refractivity (Wildman–Crippen MR) is 143 cm³/mol. The SMILES string of the molecule is CC(C)(C)C(=O)N/C(=C/N1CCOCC1)[P+](c1ccccc1)(c1ccccc1)c1ccccc1. The lowest BCUT2D eigenvalue weighted by atomic mass is 9.96. The van der Waals surface area contributed by atoms with E-state index in [2.05, 4.69) is 89.2 Å². The molecule has 4 nitrogen and oxygen atoms in total. The molecule has 0 spiro atoms. The molecule has 1 amide bonds. The number of rotatable bonds is 6. The summed E-state index contributed by atoms with van der Waals surface area (Å²) in [7, 11) is -2.41. The highest BCUT2D eigenvalue weighted by molar-refractivity contribution is 7.99. The lowest BCUT2D eigenvalue weighted by Gasteiger charge is -2.33. The summed E-state index contributed by atoms with van der Waals surface area (Å²) in [5, 5.41) is 7.06. The van der Waals surface area contributed by atoms with Gasteiger partial charge in [0.2, 0.25) is 5.91 Å². The summed E-state index contributed by atoms with van der Waals surface area (Å²) >= 11 is 0. The predicted octanol–water partition coefficient (Wildman–Crippen LogP) is 4.27. The normalized spacial score (nSPS) is 15.1. The van der Waals surface area contributed by atoms with Crippen molar-refractivity contribution in [2.75, 3.05) is 26.3 Å². The van der Waals surface area contributed by atoms with E-state index in [1.807, 2.05) is 39.0 Å². The number of nitrogens with one attached hydrogen (secondary N) is 1. The Hall–Kier alpha value is -2.94. The van der Waals surface area contributed by atoms with Crippen molar-refractivity contribution in [2.24, 2.45) is 5.41 Å². The molecule has 1 saturated heterocycles. The molecule has 3 aromatic carbocycles. The Kier molecular flexibility index (Phi) is 7.50. The van der Waals surface area contributed by atoms with E-state index >= 15 is 0 Å². The molecule has 176 valence electrons. The molecule has 4 rings (SSSR count). The summed E-state index contributed by atoms with van der Waals surface area (Å²) in [5.74, 6) is 0.0131. The van der Waals surface area contributed by atoms with Crippen molar-refractivity contribution in [3.8, 4) is 0 Å². The molecule has 0 atom stereocenters. The van der Waals surface area contributed by atoms with Crippen molar-refractivity contribution in [3.63, 3.8) is 0 Å². The first kappa shape index (κ1) is 24.2. The summed E-state index contributed by atoms with van der Waals surface area (Å²) in [5.41, 5.74) is 0.432. The maximum Gasteiger partial charge on any atom is 0.232 e. The van der Waals surface area contributed by atoms with Crippen molar-refractivity contribution in [1.29, 1.82) is 0 Å². The molecule has 34 heavy (non-hydrogen) atoms. The molecule has 5 heteroatoms. The zero-order valence-corrected chi connectivity index (χ0v) is 21.2. The van der Waals surface area contributed by atoms with E-state index in [0.29, 0.717) is 13.2 Å². The highest BCUT2D eigenvalue weighted by atomic mass is 31.2. The van der Waals surface area contributed by atoms with Gasteiger partial charge in [-0.25, -0.2) is 0 Å². The number of ether oxygens (including phenoxy) is 1. The molecule has 1 aliphatic rings. The maximum absolute atomic E-state index is 13.5. The van der Waals surface area contributed by atoms with Gasteiger partial charge in [0, 0.05) is 18.5 Å². The van der Waals surface area contributed by atoms with Gasteiger partial charge in [-0.05, 0) is 36.4 Å². The van der Waals surface area contributed by atoms with Crippen LogP contribution in [-0.4, -0.2) is 37.1 Å². The lowest BCUT2D eigenvalue weighted by molar-refractivity contribution is -0.127. The number of nitrogens with zero attached hydrogens (tertiary/aromatic N) is 1. The summed E-state index contributed by atoms with van der Waals surface area (Å²) in [6.45, 7) is 8.85. The second kappa shape index (κ2) is 10.5. The van der Waals surface area contributed by atoms with Crippen molar-refractivity contribution in [3.05, 3.63) is 103 Å². The van der Waals surface area contributed by atoms with Gasteiger partial charge < -0.3 is 9.64 Å². The Balaban J connectivity index is 2.03. The number of amides is 1. The molecule has 1 aliphatic heterocycles. The van der Waals surface area contributed by atoms with Gasteiger partial charge in [0.15, 0.2) is 12.7 Å². The van der Waals surface area contributed by atoms with E-state index in [1.54, 1.807) is 0 Å². The summed E-state index contributed by atoms with van der Waals surface area (Å²) < 4.78 is 5.61. The Morgan fingerprint density at radius 1 is 0.794 bits per heavy atom. The molecule has 1 N–H and O–H groups in total. The van der Waals surface area contributed by atoms with Crippen LogP contribution in [0.2, 0.25) is 0 Å². The first-order valence-electron chi connectivity index (χ1n) is 11.8. The van der Waals surface area contributed by atoms with Crippen LogP contribution in [0.15, 0.2) is 103 Å². The molecule has 0 radical (unpaired) electrons. The average Bonchev–Trinajstić information content (AvgIpc) is 2.86. The van der Waals surface area contributed by atoms with E-state index < -0.39 is 12.7 Å². The molecule has 0 saturated carbocycles. The van der Waals surface area contributed by atoms with Crippen LogP contribution in [0, 0.1) is 5.41 Å². The van der Waals surface area contributed by atoms with Crippen molar-refractivity contribution in [1.82, 2.24) is 10.2 Å². The quantitative estimate of drug-likeness (QED) is 0.544. The Morgan fingerprint density at radius 3 is 1.59 bits per heavy atom. The van der Waals surface area contributed by atoms with Crippen LogP contribution in [0.3, 0.4) is 0 Å². The number of benzene rings is 3. The maximum atomic E-state index is 13.5. The fraction of sp³-hybridized carbons (Fsp3) is 0.276. The number of morpholine rings is 1. The smallest absolute Gasteiger partial charge is 0.232 e. The van der Waals surface area contributed by atoms with Gasteiger partial charge in [0.05, 0.1) is 19.4 Å². The van der Waals surface area contributed by atoms with E-state index in [0.717, 1.165) is 18.5 Å². The summed E-state index contributed by atoms with van der Waals surface area (Å²) in [4.78, 5) is 15.8. The number of hydrogen-bond donors (Lipinski definition) is 1. The molecule has 3 aromatic rings. The van der Waals surface area contributed by atoms with Crippen molar-refractivity contribution in [2.45, 2.75) is 20.8 Å². The first-order chi connectivity index (χ1) is 16.4. The minimum absolute atomic E-state index is 0.0131. The van der Waals surface area contributed by atoms with Crippen LogP contribution in [-0.2, 0) is 9.53 Å². The van der Waals surface area contributed by atoms with Gasteiger partial charge in [-0.3, -0.25) is 10.1 Å². The molecule has 0 bridgehead atoms. The summed E-state index contributed by atoms with van der Waals surface area (Å²) in [6.07, 6.45) is 2.19. The van der Waals surface area contributed by atoms with Crippen molar-refractivity contribution < 1.29 is 9.53 Å². The minimum Gasteiger partial charge on any atom is -0.378 e. The molecular formula is C29H34N2O2P+. The first-order valence-corrected chi connectivity index (χ1v) is 13.6. The molecular weight excluding hydrogens is 439 g/mol. The number of carbonyl (C=O) groups is 1. The zero-order valence-electron chi connectivity index (χ0n) is 20.3. The van der Waals surface area contributed by atoms with Crippen LogP contribution in [0.25, 0.3) is 0 Å². The average molecular weight is 474 g/mol. The molecule has 1 heterocycles. The lowest BCUT2D eigenvalue weighted by Crippen LogP contribution is -2.43.